The SMILES string of the molecule is N#CSN1CCc2ccc(C(F)(F)F)cc21. The Bertz CT molecular complexity index is 450. The van der Waals surface area contributed by atoms with Crippen LogP contribution in [-0.2, 0) is 12.6 Å². The van der Waals surface area contributed by atoms with Gasteiger partial charge in [-0.1, -0.05) is 6.07 Å². The second-order valence-corrected chi connectivity index (χ2v) is 4.18. The van der Waals surface area contributed by atoms with Gasteiger partial charge in [-0.25, -0.2) is 0 Å². The van der Waals surface area contributed by atoms with Crippen LogP contribution in [0, 0.1) is 10.7 Å². The van der Waals surface area contributed by atoms with Gasteiger partial charge in [-0.3, -0.25) is 0 Å². The molecule has 0 amide bonds. The minimum Gasteiger partial charge on any atom is -0.303 e. The van der Waals surface area contributed by atoms with E-state index in [4.69, 9.17) is 5.26 Å². The molecule has 0 N–H and O–H groups in total. The van der Waals surface area contributed by atoms with E-state index in [1.807, 2.05) is 5.40 Å². The van der Waals surface area contributed by atoms with Gasteiger partial charge in [0, 0.05) is 6.54 Å². The van der Waals surface area contributed by atoms with Crippen molar-refractivity contribution < 1.29 is 13.2 Å². The molecule has 1 aliphatic rings. The van der Waals surface area contributed by atoms with Gasteiger partial charge < -0.3 is 4.31 Å². The Morgan fingerprint density at radius 1 is 1.38 bits per heavy atom. The number of anilines is 1. The van der Waals surface area contributed by atoms with Gasteiger partial charge in [0.1, 0.15) is 0 Å². The van der Waals surface area contributed by atoms with E-state index in [0.29, 0.717) is 18.7 Å². The zero-order chi connectivity index (χ0) is 11.8. The first-order chi connectivity index (χ1) is 7.52. The lowest BCUT2D eigenvalue weighted by molar-refractivity contribution is -0.137. The first kappa shape index (κ1) is 11.1. The molecule has 2 nitrogen and oxygen atoms in total. The van der Waals surface area contributed by atoms with E-state index in [2.05, 4.69) is 0 Å². The zero-order valence-electron chi connectivity index (χ0n) is 8.08. The number of benzene rings is 1. The standard InChI is InChI=1S/C10H7F3N2S/c11-10(12,13)8-2-1-7-3-4-15(16-6-14)9(7)5-8/h1-2,5H,3-4H2. The van der Waals surface area contributed by atoms with Gasteiger partial charge >= 0.3 is 6.18 Å². The van der Waals surface area contributed by atoms with Crippen LogP contribution in [0.25, 0.3) is 0 Å². The molecule has 0 unspecified atom stereocenters. The Hall–Kier alpha value is -1.35. The minimum atomic E-state index is -4.33. The first-order valence-electron chi connectivity index (χ1n) is 4.56. The lowest BCUT2D eigenvalue weighted by Gasteiger charge is -2.14. The maximum atomic E-state index is 12.5. The molecule has 0 aliphatic carbocycles. The number of rotatable bonds is 1. The summed E-state index contributed by atoms with van der Waals surface area (Å²) in [6.07, 6.45) is -3.65. The molecule has 0 aromatic heterocycles. The molecule has 16 heavy (non-hydrogen) atoms. The monoisotopic (exact) mass is 244 g/mol. The fourth-order valence-corrected chi connectivity index (χ4v) is 2.22. The van der Waals surface area contributed by atoms with Gasteiger partial charge in [0.25, 0.3) is 0 Å². The average Bonchev–Trinajstić information content (AvgIpc) is 2.60. The number of fused-ring (bicyclic) bond motifs is 1. The molecule has 0 bridgehead atoms. The molecule has 1 aromatic carbocycles. The van der Waals surface area contributed by atoms with Gasteiger partial charge in [-0.05, 0) is 24.1 Å². The largest absolute Gasteiger partial charge is 0.416 e. The van der Waals surface area contributed by atoms with Crippen molar-refractivity contribution in [2.24, 2.45) is 0 Å². The third kappa shape index (κ3) is 1.95. The van der Waals surface area contributed by atoms with Crippen LogP contribution in [0.5, 0.6) is 0 Å². The third-order valence-corrected chi connectivity index (χ3v) is 3.10. The second-order valence-electron chi connectivity index (χ2n) is 3.38. The Balaban J connectivity index is 2.38. The third-order valence-electron chi connectivity index (χ3n) is 2.42. The van der Waals surface area contributed by atoms with Crippen molar-refractivity contribution in [2.45, 2.75) is 12.6 Å². The Kier molecular flexibility index (Phi) is 2.72. The minimum absolute atomic E-state index is 0.501. The molecule has 0 spiro atoms. The van der Waals surface area contributed by atoms with Crippen LogP contribution in [0.15, 0.2) is 18.2 Å². The summed E-state index contributed by atoms with van der Waals surface area (Å²) in [5.41, 5.74) is 0.689. The summed E-state index contributed by atoms with van der Waals surface area (Å²) in [4.78, 5) is 0. The number of hydrogen-bond donors (Lipinski definition) is 0. The van der Waals surface area contributed by atoms with E-state index in [1.165, 1.54) is 6.07 Å². The van der Waals surface area contributed by atoms with Gasteiger partial charge in [-0.15, -0.1) is 0 Å². The molecule has 0 saturated carbocycles. The van der Waals surface area contributed by atoms with Crippen molar-refractivity contribution in [3.8, 4) is 5.40 Å². The molecule has 1 aliphatic heterocycles. The normalized spacial score (nSPS) is 14.8. The predicted octanol–water partition coefficient (Wildman–Crippen LogP) is 3.20. The summed E-state index contributed by atoms with van der Waals surface area (Å²) in [6.45, 7) is 0.578. The van der Waals surface area contributed by atoms with Crippen LogP contribution in [0.1, 0.15) is 11.1 Å². The lowest BCUT2D eigenvalue weighted by atomic mass is 10.1. The lowest BCUT2D eigenvalue weighted by Crippen LogP contribution is -2.10. The number of nitrogens with zero attached hydrogens (tertiary/aromatic N) is 2. The van der Waals surface area contributed by atoms with Crippen LogP contribution >= 0.6 is 11.9 Å². The van der Waals surface area contributed by atoms with Crippen molar-refractivity contribution >= 4 is 17.6 Å². The number of nitriles is 1. The van der Waals surface area contributed by atoms with E-state index in [-0.39, 0.29) is 0 Å². The highest BCUT2D eigenvalue weighted by Gasteiger charge is 2.32. The number of thiocyanates is 1. The van der Waals surface area contributed by atoms with Crippen LogP contribution in [-0.4, -0.2) is 6.54 Å². The van der Waals surface area contributed by atoms with Crippen molar-refractivity contribution in [3.63, 3.8) is 0 Å². The molecule has 1 aromatic rings. The molecule has 0 atom stereocenters. The van der Waals surface area contributed by atoms with Crippen LogP contribution in [0.3, 0.4) is 0 Å². The summed E-state index contributed by atoms with van der Waals surface area (Å²) in [5, 5.41) is 10.4. The molecule has 0 radical (unpaired) electrons. The molecule has 1 heterocycles. The summed E-state index contributed by atoms with van der Waals surface area (Å²) in [5.74, 6) is 0. The molecule has 0 saturated heterocycles. The average molecular weight is 244 g/mol. The highest BCUT2D eigenvalue weighted by atomic mass is 32.2. The van der Waals surface area contributed by atoms with E-state index in [0.717, 1.165) is 29.6 Å². The van der Waals surface area contributed by atoms with Crippen LogP contribution in [0.4, 0.5) is 18.9 Å². The van der Waals surface area contributed by atoms with Crippen LogP contribution in [0.2, 0.25) is 0 Å². The molecule has 2 rings (SSSR count). The fraction of sp³-hybridized carbons (Fsp3) is 0.300. The van der Waals surface area contributed by atoms with E-state index in [1.54, 1.807) is 4.31 Å². The zero-order valence-corrected chi connectivity index (χ0v) is 8.90. The van der Waals surface area contributed by atoms with Crippen molar-refractivity contribution in [1.29, 1.82) is 5.26 Å². The smallest absolute Gasteiger partial charge is 0.303 e. The summed E-state index contributed by atoms with van der Waals surface area (Å²) in [7, 11) is 0. The van der Waals surface area contributed by atoms with Crippen molar-refractivity contribution in [3.05, 3.63) is 29.3 Å². The Labute approximate surface area is 94.8 Å². The van der Waals surface area contributed by atoms with Gasteiger partial charge in [0.2, 0.25) is 0 Å². The van der Waals surface area contributed by atoms with Gasteiger partial charge in [0.15, 0.2) is 5.40 Å². The quantitative estimate of drug-likeness (QED) is 0.560. The molecule has 6 heteroatoms. The van der Waals surface area contributed by atoms with Crippen molar-refractivity contribution in [1.82, 2.24) is 0 Å². The Morgan fingerprint density at radius 3 is 2.75 bits per heavy atom. The molecular weight excluding hydrogens is 237 g/mol. The van der Waals surface area contributed by atoms with Crippen molar-refractivity contribution in [2.75, 3.05) is 10.8 Å². The highest BCUT2D eigenvalue weighted by molar-refractivity contribution is 8.05. The molecule has 0 fully saturated rings. The maximum absolute atomic E-state index is 12.5. The topological polar surface area (TPSA) is 27.0 Å². The number of halogens is 3. The summed E-state index contributed by atoms with van der Waals surface area (Å²) < 4.78 is 39.0. The van der Waals surface area contributed by atoms with E-state index < -0.39 is 11.7 Å². The first-order valence-corrected chi connectivity index (χ1v) is 5.33. The summed E-state index contributed by atoms with van der Waals surface area (Å²) in [6, 6.07) is 3.67. The number of hydrogen-bond acceptors (Lipinski definition) is 3. The number of alkyl halides is 3. The van der Waals surface area contributed by atoms with E-state index in [9.17, 15) is 13.2 Å². The Morgan fingerprint density at radius 2 is 2.12 bits per heavy atom. The molecule has 84 valence electrons. The highest BCUT2D eigenvalue weighted by Crippen LogP contribution is 2.38. The van der Waals surface area contributed by atoms with E-state index >= 15 is 0 Å². The molecular formula is C10H7F3N2S. The van der Waals surface area contributed by atoms with Gasteiger partial charge in [0.05, 0.1) is 23.2 Å². The van der Waals surface area contributed by atoms with Crippen LogP contribution < -0.4 is 4.31 Å². The second kappa shape index (κ2) is 3.91. The maximum Gasteiger partial charge on any atom is 0.416 e. The van der Waals surface area contributed by atoms with Gasteiger partial charge in [-0.2, -0.15) is 18.4 Å². The predicted molar refractivity (Wildman–Crippen MR) is 55.7 cm³/mol. The summed E-state index contributed by atoms with van der Waals surface area (Å²) >= 11 is 0.872. The fourth-order valence-electron chi connectivity index (χ4n) is 1.67.